The minimum atomic E-state index is -2.79. The SMILES string of the molecule is CCO[Si](CCCN(c1n[nH]c(-c2ccc(C)cc2)n1)c1n[nH]c(-c2ccc(C)cc2)n1)(OCC)OCC. The molecule has 0 saturated heterocycles. The van der Waals surface area contributed by atoms with Crippen molar-refractivity contribution < 1.29 is 13.3 Å². The van der Waals surface area contributed by atoms with E-state index < -0.39 is 8.80 Å². The molecule has 4 aromatic rings. The summed E-state index contributed by atoms with van der Waals surface area (Å²) in [7, 11) is -2.79. The molecule has 0 spiro atoms. The van der Waals surface area contributed by atoms with Gasteiger partial charge in [-0.2, -0.15) is 9.97 Å². The number of aromatic nitrogens is 6. The zero-order chi connectivity index (χ0) is 27.0. The molecule has 0 radical (unpaired) electrons. The molecule has 0 atom stereocenters. The number of hydrogen-bond acceptors (Lipinski definition) is 8. The Hall–Kier alpha value is -3.38. The van der Waals surface area contributed by atoms with Crippen LogP contribution in [0.3, 0.4) is 0 Å². The van der Waals surface area contributed by atoms with Crippen LogP contribution in [0.5, 0.6) is 0 Å². The highest BCUT2D eigenvalue weighted by Gasteiger charge is 2.40. The maximum atomic E-state index is 6.05. The number of rotatable bonds is 14. The fraction of sp³-hybridized carbons (Fsp3) is 0.407. The molecule has 2 heterocycles. The van der Waals surface area contributed by atoms with Crippen molar-refractivity contribution in [3.63, 3.8) is 0 Å². The summed E-state index contributed by atoms with van der Waals surface area (Å²) in [6.45, 7) is 12.2. The molecule has 10 nitrogen and oxygen atoms in total. The van der Waals surface area contributed by atoms with Gasteiger partial charge < -0.3 is 13.3 Å². The predicted octanol–water partition coefficient (Wildman–Crippen LogP) is 5.45. The van der Waals surface area contributed by atoms with Crippen LogP contribution < -0.4 is 4.90 Å². The van der Waals surface area contributed by atoms with Crippen LogP contribution in [-0.2, 0) is 13.3 Å². The number of nitrogens with zero attached hydrogens (tertiary/aromatic N) is 5. The van der Waals surface area contributed by atoms with Gasteiger partial charge in [0, 0.05) is 43.5 Å². The van der Waals surface area contributed by atoms with Gasteiger partial charge in [-0.1, -0.05) is 59.7 Å². The quantitative estimate of drug-likeness (QED) is 0.205. The molecule has 0 bridgehead atoms. The van der Waals surface area contributed by atoms with Crippen LogP contribution in [0.1, 0.15) is 38.3 Å². The molecule has 0 fully saturated rings. The first kappa shape index (κ1) is 27.6. The summed E-state index contributed by atoms with van der Waals surface area (Å²) in [5.41, 5.74) is 4.29. The first-order valence-electron chi connectivity index (χ1n) is 13.1. The first-order valence-corrected chi connectivity index (χ1v) is 15.1. The summed E-state index contributed by atoms with van der Waals surface area (Å²) in [6, 6.07) is 17.0. The Balaban J connectivity index is 1.60. The molecule has 0 aliphatic carbocycles. The monoisotopic (exact) mass is 535 g/mol. The van der Waals surface area contributed by atoms with E-state index in [4.69, 9.17) is 23.2 Å². The van der Waals surface area contributed by atoms with Crippen molar-refractivity contribution >= 4 is 20.7 Å². The predicted molar refractivity (Wildman–Crippen MR) is 150 cm³/mol. The summed E-state index contributed by atoms with van der Waals surface area (Å²) >= 11 is 0. The molecule has 2 aromatic carbocycles. The second-order valence-corrected chi connectivity index (χ2v) is 11.7. The normalized spacial score (nSPS) is 11.7. The molecule has 0 amide bonds. The Kier molecular flexibility index (Phi) is 9.40. The van der Waals surface area contributed by atoms with Crippen molar-refractivity contribution in [3.05, 3.63) is 59.7 Å². The van der Waals surface area contributed by atoms with E-state index in [1.54, 1.807) is 0 Å². The van der Waals surface area contributed by atoms with E-state index in [2.05, 4.69) is 58.5 Å². The van der Waals surface area contributed by atoms with Crippen molar-refractivity contribution in [1.29, 1.82) is 0 Å². The molecular formula is C27H37N7O3Si. The van der Waals surface area contributed by atoms with Crippen molar-refractivity contribution in [2.75, 3.05) is 31.3 Å². The van der Waals surface area contributed by atoms with E-state index in [1.165, 1.54) is 11.1 Å². The number of H-pyrrole nitrogens is 2. The Morgan fingerprint density at radius 1 is 0.684 bits per heavy atom. The number of aryl methyl sites for hydroxylation is 2. The standard InChI is InChI=1S/C27H37N7O3Si/c1-6-35-38(36-7-2,37-8-3)19-9-18-34(26-28-24(30-32-26)22-14-10-20(4)11-15-22)27-29-25(31-33-27)23-16-12-21(5)13-17-23/h10-17H,6-9,18-19H2,1-5H3,(H,28,30,32)(H,29,31,33). The summed E-state index contributed by atoms with van der Waals surface area (Å²) in [6.07, 6.45) is 0.717. The van der Waals surface area contributed by atoms with Crippen LogP contribution in [0.25, 0.3) is 22.8 Å². The van der Waals surface area contributed by atoms with Gasteiger partial charge in [0.2, 0.25) is 0 Å². The lowest BCUT2D eigenvalue weighted by atomic mass is 10.1. The molecule has 11 heteroatoms. The van der Waals surface area contributed by atoms with Crippen molar-refractivity contribution in [3.8, 4) is 22.8 Å². The lowest BCUT2D eigenvalue weighted by Gasteiger charge is -2.29. The molecule has 2 aromatic heterocycles. The second-order valence-electron chi connectivity index (χ2n) is 8.94. The Labute approximate surface area is 225 Å². The Bertz CT molecular complexity index is 1170. The minimum absolute atomic E-state index is 0.492. The van der Waals surface area contributed by atoms with Gasteiger partial charge in [0.1, 0.15) is 0 Å². The average molecular weight is 536 g/mol. The lowest BCUT2D eigenvalue weighted by Crippen LogP contribution is -2.46. The molecule has 0 aliphatic rings. The third kappa shape index (κ3) is 6.73. The molecular weight excluding hydrogens is 498 g/mol. The highest BCUT2D eigenvalue weighted by Crippen LogP contribution is 2.26. The molecule has 2 N–H and O–H groups in total. The van der Waals surface area contributed by atoms with Gasteiger partial charge in [-0.3, -0.25) is 15.1 Å². The number of nitrogens with one attached hydrogen (secondary N) is 2. The summed E-state index contributed by atoms with van der Waals surface area (Å²) in [5.74, 6) is 2.35. The van der Waals surface area contributed by atoms with Crippen LogP contribution in [0.2, 0.25) is 6.04 Å². The number of aromatic amines is 2. The van der Waals surface area contributed by atoms with Gasteiger partial charge >= 0.3 is 8.80 Å². The largest absolute Gasteiger partial charge is 0.500 e. The highest BCUT2D eigenvalue weighted by molar-refractivity contribution is 6.60. The molecule has 202 valence electrons. The topological polar surface area (TPSA) is 114 Å². The van der Waals surface area contributed by atoms with Crippen LogP contribution in [-0.4, -0.2) is 65.5 Å². The van der Waals surface area contributed by atoms with Crippen molar-refractivity contribution in [2.24, 2.45) is 0 Å². The van der Waals surface area contributed by atoms with Crippen molar-refractivity contribution in [1.82, 2.24) is 30.4 Å². The molecule has 0 aliphatic heterocycles. The van der Waals surface area contributed by atoms with Gasteiger partial charge in [-0.15, -0.1) is 10.2 Å². The van der Waals surface area contributed by atoms with Crippen LogP contribution in [0.4, 0.5) is 11.9 Å². The van der Waals surface area contributed by atoms with E-state index in [0.717, 1.165) is 17.5 Å². The van der Waals surface area contributed by atoms with Gasteiger partial charge in [0.15, 0.2) is 11.6 Å². The molecule has 38 heavy (non-hydrogen) atoms. The number of hydrogen-bond donors (Lipinski definition) is 2. The van der Waals surface area contributed by atoms with E-state index >= 15 is 0 Å². The summed E-state index contributed by atoms with van der Waals surface area (Å²) in [4.78, 5) is 11.5. The molecule has 0 unspecified atom stereocenters. The van der Waals surface area contributed by atoms with Gasteiger partial charge in [0.25, 0.3) is 11.9 Å². The van der Waals surface area contributed by atoms with E-state index in [0.29, 0.717) is 56.0 Å². The molecule has 4 rings (SSSR count). The van der Waals surface area contributed by atoms with Crippen LogP contribution >= 0.6 is 0 Å². The van der Waals surface area contributed by atoms with Crippen LogP contribution in [0, 0.1) is 13.8 Å². The van der Waals surface area contributed by atoms with Gasteiger partial charge in [-0.25, -0.2) is 0 Å². The van der Waals surface area contributed by atoms with E-state index in [1.807, 2.05) is 49.9 Å². The smallest absolute Gasteiger partial charge is 0.374 e. The highest BCUT2D eigenvalue weighted by atomic mass is 28.4. The fourth-order valence-corrected chi connectivity index (χ4v) is 6.77. The maximum absolute atomic E-state index is 6.05. The third-order valence-corrected chi connectivity index (χ3v) is 9.19. The Morgan fingerprint density at radius 3 is 1.50 bits per heavy atom. The number of anilines is 2. The lowest BCUT2D eigenvalue weighted by molar-refractivity contribution is 0.0710. The summed E-state index contributed by atoms with van der Waals surface area (Å²) in [5, 5.41) is 15.2. The average Bonchev–Trinajstić information content (AvgIpc) is 3.59. The van der Waals surface area contributed by atoms with Crippen molar-refractivity contribution in [2.45, 2.75) is 47.1 Å². The summed E-state index contributed by atoms with van der Waals surface area (Å²) < 4.78 is 18.1. The van der Waals surface area contributed by atoms with E-state index in [9.17, 15) is 0 Å². The third-order valence-electron chi connectivity index (χ3n) is 6.04. The first-order chi connectivity index (χ1) is 18.5. The fourth-order valence-electron chi connectivity index (χ4n) is 4.17. The van der Waals surface area contributed by atoms with Crippen LogP contribution in [0.15, 0.2) is 48.5 Å². The van der Waals surface area contributed by atoms with Gasteiger partial charge in [-0.05, 0) is 41.0 Å². The Morgan fingerprint density at radius 2 is 1.11 bits per heavy atom. The molecule has 0 saturated carbocycles. The number of benzene rings is 2. The second kappa shape index (κ2) is 12.9. The zero-order valence-electron chi connectivity index (χ0n) is 22.8. The van der Waals surface area contributed by atoms with E-state index in [-0.39, 0.29) is 0 Å². The van der Waals surface area contributed by atoms with Gasteiger partial charge in [0.05, 0.1) is 0 Å². The minimum Gasteiger partial charge on any atom is -0.374 e. The zero-order valence-corrected chi connectivity index (χ0v) is 23.8. The maximum Gasteiger partial charge on any atom is 0.500 e.